The number of nitrogens with zero attached hydrogens (tertiary/aromatic N) is 1. The minimum Gasteiger partial charge on any atom is -0.380 e. The van der Waals surface area contributed by atoms with Crippen LogP contribution >= 0.6 is 12.6 Å². The summed E-state index contributed by atoms with van der Waals surface area (Å²) in [5.74, 6) is 1.01. The molecule has 0 saturated heterocycles. The predicted molar refractivity (Wildman–Crippen MR) is 84.2 cm³/mol. The minimum absolute atomic E-state index is 0.432. The van der Waals surface area contributed by atoms with Gasteiger partial charge in [-0.05, 0) is 37.9 Å². The summed E-state index contributed by atoms with van der Waals surface area (Å²) in [4.78, 5) is 2.51. The Balaban J connectivity index is 2.41. The Bertz CT molecular complexity index is 210. The lowest BCUT2D eigenvalue weighted by atomic mass is 9.88. The van der Waals surface area contributed by atoms with Crippen molar-refractivity contribution in [2.75, 3.05) is 51.8 Å². The quantitative estimate of drug-likeness (QED) is 0.467. The molecule has 1 rings (SSSR count). The second-order valence-electron chi connectivity index (χ2n) is 5.54. The number of rotatable bonds is 11. The summed E-state index contributed by atoms with van der Waals surface area (Å²) >= 11 is 4.61. The van der Waals surface area contributed by atoms with Crippen LogP contribution in [0.3, 0.4) is 0 Å². The van der Waals surface area contributed by atoms with Gasteiger partial charge in [-0.1, -0.05) is 12.8 Å². The van der Waals surface area contributed by atoms with Gasteiger partial charge in [0.1, 0.15) is 0 Å². The van der Waals surface area contributed by atoms with Crippen molar-refractivity contribution in [1.82, 2.24) is 4.90 Å². The average molecular weight is 289 g/mol. The van der Waals surface area contributed by atoms with E-state index in [-0.39, 0.29) is 0 Å². The highest BCUT2D eigenvalue weighted by Crippen LogP contribution is 2.39. The largest absolute Gasteiger partial charge is 0.380 e. The fraction of sp³-hybridized carbons (Fsp3) is 1.00. The first kappa shape index (κ1) is 17.3. The van der Waals surface area contributed by atoms with E-state index in [0.29, 0.717) is 5.41 Å². The Morgan fingerprint density at radius 2 is 1.53 bits per heavy atom. The molecule has 0 N–H and O–H groups in total. The summed E-state index contributed by atoms with van der Waals surface area (Å²) in [6.07, 6.45) is 5.39. The summed E-state index contributed by atoms with van der Waals surface area (Å²) < 4.78 is 11.0. The van der Waals surface area contributed by atoms with Crippen molar-refractivity contribution in [2.24, 2.45) is 5.41 Å². The fourth-order valence-corrected chi connectivity index (χ4v) is 3.33. The molecule has 0 aromatic heterocycles. The van der Waals surface area contributed by atoms with Crippen molar-refractivity contribution in [3.63, 3.8) is 0 Å². The van der Waals surface area contributed by atoms with Gasteiger partial charge in [0, 0.05) is 32.8 Å². The smallest absolute Gasteiger partial charge is 0.0593 e. The lowest BCUT2D eigenvalue weighted by molar-refractivity contribution is 0.0640. The van der Waals surface area contributed by atoms with Gasteiger partial charge in [-0.3, -0.25) is 4.90 Å². The van der Waals surface area contributed by atoms with Crippen molar-refractivity contribution in [3.05, 3.63) is 0 Å². The van der Waals surface area contributed by atoms with E-state index in [1.807, 2.05) is 0 Å². The highest BCUT2D eigenvalue weighted by atomic mass is 32.1. The molecule has 4 heteroatoms. The maximum Gasteiger partial charge on any atom is 0.0593 e. The molecule has 0 aliphatic heterocycles. The molecule has 0 heterocycles. The lowest BCUT2D eigenvalue weighted by Gasteiger charge is -2.34. The van der Waals surface area contributed by atoms with Gasteiger partial charge < -0.3 is 9.47 Å². The molecular formula is C15H31NO2S. The molecule has 0 unspecified atom stereocenters. The van der Waals surface area contributed by atoms with Gasteiger partial charge >= 0.3 is 0 Å². The highest BCUT2D eigenvalue weighted by Gasteiger charge is 2.34. The van der Waals surface area contributed by atoms with Gasteiger partial charge in [-0.25, -0.2) is 0 Å². The Kier molecular flexibility index (Phi) is 9.12. The van der Waals surface area contributed by atoms with E-state index in [1.165, 1.54) is 25.7 Å². The van der Waals surface area contributed by atoms with Gasteiger partial charge in [0.05, 0.1) is 13.2 Å². The third kappa shape index (κ3) is 6.48. The molecule has 0 aromatic carbocycles. The van der Waals surface area contributed by atoms with Crippen molar-refractivity contribution in [2.45, 2.75) is 39.5 Å². The standard InChI is InChI=1S/C15H31NO2S/c1-3-17-11-9-16(10-12-18-4-2)13-15(14-19)7-5-6-8-15/h19H,3-14H2,1-2H3. The van der Waals surface area contributed by atoms with Crippen LogP contribution in [-0.4, -0.2) is 56.7 Å². The lowest BCUT2D eigenvalue weighted by Crippen LogP contribution is -2.41. The van der Waals surface area contributed by atoms with Crippen LogP contribution in [0.2, 0.25) is 0 Å². The number of thiol groups is 1. The average Bonchev–Trinajstić information content (AvgIpc) is 2.88. The van der Waals surface area contributed by atoms with E-state index in [1.54, 1.807) is 0 Å². The van der Waals surface area contributed by atoms with Crippen molar-refractivity contribution in [1.29, 1.82) is 0 Å². The maximum absolute atomic E-state index is 5.50. The first-order valence-electron chi connectivity index (χ1n) is 7.75. The summed E-state index contributed by atoms with van der Waals surface area (Å²) in [5.41, 5.74) is 0.432. The Morgan fingerprint density at radius 1 is 1.00 bits per heavy atom. The van der Waals surface area contributed by atoms with Crippen LogP contribution in [0.25, 0.3) is 0 Å². The number of ether oxygens (including phenoxy) is 2. The Morgan fingerprint density at radius 3 is 1.95 bits per heavy atom. The molecule has 0 bridgehead atoms. The van der Waals surface area contributed by atoms with Crippen molar-refractivity contribution < 1.29 is 9.47 Å². The zero-order valence-corrected chi connectivity index (χ0v) is 13.6. The van der Waals surface area contributed by atoms with E-state index in [2.05, 4.69) is 31.4 Å². The second kappa shape index (κ2) is 10.0. The van der Waals surface area contributed by atoms with Gasteiger partial charge in [0.2, 0.25) is 0 Å². The van der Waals surface area contributed by atoms with E-state index >= 15 is 0 Å². The van der Waals surface area contributed by atoms with E-state index in [9.17, 15) is 0 Å². The SMILES string of the molecule is CCOCCN(CCOCC)CC1(CS)CCCC1. The Hall–Kier alpha value is 0.230. The summed E-state index contributed by atoms with van der Waals surface area (Å²) in [6.45, 7) is 10.5. The van der Waals surface area contributed by atoms with Crippen LogP contribution in [0.15, 0.2) is 0 Å². The van der Waals surface area contributed by atoms with E-state index in [4.69, 9.17) is 9.47 Å². The van der Waals surface area contributed by atoms with Gasteiger partial charge in [0.25, 0.3) is 0 Å². The zero-order valence-electron chi connectivity index (χ0n) is 12.7. The maximum atomic E-state index is 5.50. The zero-order chi connectivity index (χ0) is 14.0. The summed E-state index contributed by atoms with van der Waals surface area (Å²) in [7, 11) is 0. The Labute approximate surface area is 124 Å². The topological polar surface area (TPSA) is 21.7 Å². The molecule has 1 aliphatic carbocycles. The van der Waals surface area contributed by atoms with Gasteiger partial charge in [-0.2, -0.15) is 12.6 Å². The highest BCUT2D eigenvalue weighted by molar-refractivity contribution is 7.80. The van der Waals surface area contributed by atoms with Crippen LogP contribution in [0, 0.1) is 5.41 Å². The molecule has 0 atom stereocenters. The van der Waals surface area contributed by atoms with Crippen LogP contribution in [0.1, 0.15) is 39.5 Å². The summed E-state index contributed by atoms with van der Waals surface area (Å²) in [6, 6.07) is 0. The fourth-order valence-electron chi connectivity index (χ4n) is 2.91. The molecule has 0 spiro atoms. The first-order valence-corrected chi connectivity index (χ1v) is 8.38. The third-order valence-corrected chi connectivity index (χ3v) is 4.74. The van der Waals surface area contributed by atoms with Crippen molar-refractivity contribution in [3.8, 4) is 0 Å². The van der Waals surface area contributed by atoms with Crippen LogP contribution in [0.5, 0.6) is 0 Å². The molecule has 1 saturated carbocycles. The first-order chi connectivity index (χ1) is 9.26. The molecule has 0 aromatic rings. The van der Waals surface area contributed by atoms with Crippen molar-refractivity contribution >= 4 is 12.6 Å². The van der Waals surface area contributed by atoms with Gasteiger partial charge in [0.15, 0.2) is 0 Å². The third-order valence-electron chi connectivity index (χ3n) is 4.07. The monoisotopic (exact) mass is 289 g/mol. The molecule has 114 valence electrons. The molecule has 1 aliphatic rings. The molecule has 0 amide bonds. The van der Waals surface area contributed by atoms with Crippen LogP contribution in [-0.2, 0) is 9.47 Å². The van der Waals surface area contributed by atoms with Crippen LogP contribution in [0.4, 0.5) is 0 Å². The summed E-state index contributed by atoms with van der Waals surface area (Å²) in [5, 5.41) is 0. The molecule has 19 heavy (non-hydrogen) atoms. The molecule has 1 fully saturated rings. The molecule has 3 nitrogen and oxygen atoms in total. The molecular weight excluding hydrogens is 258 g/mol. The number of hydrogen-bond donors (Lipinski definition) is 1. The van der Waals surface area contributed by atoms with E-state index in [0.717, 1.165) is 51.8 Å². The number of hydrogen-bond acceptors (Lipinski definition) is 4. The predicted octanol–water partition coefficient (Wildman–Crippen LogP) is 2.85. The van der Waals surface area contributed by atoms with Crippen LogP contribution < -0.4 is 0 Å². The normalized spacial score (nSPS) is 18.3. The minimum atomic E-state index is 0.432. The van der Waals surface area contributed by atoms with Gasteiger partial charge in [-0.15, -0.1) is 0 Å². The molecule has 0 radical (unpaired) electrons. The van der Waals surface area contributed by atoms with E-state index < -0.39 is 0 Å². The second-order valence-corrected chi connectivity index (χ2v) is 5.85.